The maximum absolute atomic E-state index is 14.7. The van der Waals surface area contributed by atoms with Crippen LogP contribution in [-0.2, 0) is 9.53 Å². The number of benzene rings is 2. The zero-order chi connectivity index (χ0) is 24.9. The van der Waals surface area contributed by atoms with E-state index >= 15 is 0 Å². The zero-order valence-corrected chi connectivity index (χ0v) is 19.9. The number of esters is 1. The third-order valence-corrected chi connectivity index (χ3v) is 6.72. The van der Waals surface area contributed by atoms with Gasteiger partial charge in [0.25, 0.3) is 0 Å². The average Bonchev–Trinajstić information content (AvgIpc) is 2.87. The third-order valence-electron chi connectivity index (χ3n) is 6.72. The molecule has 0 N–H and O–H groups in total. The Balaban J connectivity index is 1.37. The summed E-state index contributed by atoms with van der Waals surface area (Å²) in [6.45, 7) is 2.40. The number of hydrogen-bond acceptors (Lipinski definition) is 4. The summed E-state index contributed by atoms with van der Waals surface area (Å²) in [5, 5.41) is 0. The first kappa shape index (κ1) is 25.0. The maximum Gasteiger partial charge on any atom is 0.314 e. The van der Waals surface area contributed by atoms with Gasteiger partial charge in [0.1, 0.15) is 11.6 Å². The van der Waals surface area contributed by atoms with Crippen LogP contribution in [0.1, 0.15) is 39.0 Å². The van der Waals surface area contributed by atoms with Crippen molar-refractivity contribution in [2.45, 2.75) is 45.1 Å². The van der Waals surface area contributed by atoms with Gasteiger partial charge in [-0.1, -0.05) is 18.2 Å². The fourth-order valence-corrected chi connectivity index (χ4v) is 4.80. The molecule has 0 aliphatic heterocycles. The second-order valence-electron chi connectivity index (χ2n) is 8.84. The molecule has 1 unspecified atom stereocenters. The van der Waals surface area contributed by atoms with Gasteiger partial charge in [-0.25, -0.2) is 8.78 Å². The zero-order valence-electron chi connectivity index (χ0n) is 19.9. The number of carbonyl (C=O) groups excluding carboxylic acids is 1. The van der Waals surface area contributed by atoms with E-state index in [1.807, 2.05) is 13.0 Å². The highest BCUT2D eigenvalue weighted by molar-refractivity contribution is 5.76. The van der Waals surface area contributed by atoms with Crippen LogP contribution in [0.4, 0.5) is 13.2 Å². The van der Waals surface area contributed by atoms with Crippen molar-refractivity contribution in [1.82, 2.24) is 0 Å². The highest BCUT2D eigenvalue weighted by Gasteiger charge is 2.32. The lowest BCUT2D eigenvalue weighted by Crippen LogP contribution is -2.27. The fraction of sp³-hybridized carbons (Fsp3) is 0.393. The average molecular weight is 487 g/mol. The van der Waals surface area contributed by atoms with Crippen LogP contribution in [0, 0.1) is 23.5 Å². The second kappa shape index (κ2) is 11.1. The van der Waals surface area contributed by atoms with Crippen molar-refractivity contribution in [3.63, 3.8) is 0 Å². The highest BCUT2D eigenvalue weighted by Crippen LogP contribution is 2.39. The molecular formula is C28H29F3O4. The van der Waals surface area contributed by atoms with Gasteiger partial charge in [-0.3, -0.25) is 4.79 Å². The van der Waals surface area contributed by atoms with E-state index in [0.29, 0.717) is 55.6 Å². The predicted molar refractivity (Wildman–Crippen MR) is 127 cm³/mol. The van der Waals surface area contributed by atoms with Crippen LogP contribution in [0.15, 0.2) is 60.0 Å². The third kappa shape index (κ3) is 5.61. The van der Waals surface area contributed by atoms with Crippen molar-refractivity contribution in [1.29, 1.82) is 0 Å². The van der Waals surface area contributed by atoms with Crippen LogP contribution < -0.4 is 9.47 Å². The summed E-state index contributed by atoms with van der Waals surface area (Å²) in [4.78, 5) is 12.7. The molecular weight excluding hydrogens is 457 g/mol. The topological polar surface area (TPSA) is 44.8 Å². The van der Waals surface area contributed by atoms with Gasteiger partial charge >= 0.3 is 5.97 Å². The van der Waals surface area contributed by atoms with Crippen LogP contribution in [0.3, 0.4) is 0 Å². The maximum atomic E-state index is 14.7. The largest absolute Gasteiger partial charge is 0.497 e. The van der Waals surface area contributed by atoms with E-state index < -0.39 is 29.3 Å². The molecule has 1 fully saturated rings. The summed E-state index contributed by atoms with van der Waals surface area (Å²) in [5.74, 6) is -3.39. The molecule has 35 heavy (non-hydrogen) atoms. The molecule has 2 aliphatic carbocycles. The minimum Gasteiger partial charge on any atom is -0.497 e. The lowest BCUT2D eigenvalue weighted by molar-refractivity contribution is -0.140. The van der Waals surface area contributed by atoms with Crippen molar-refractivity contribution < 1.29 is 32.2 Å². The number of carbonyl (C=O) groups is 1. The summed E-state index contributed by atoms with van der Waals surface area (Å²) >= 11 is 0. The van der Waals surface area contributed by atoms with E-state index in [1.165, 1.54) is 25.3 Å². The standard InChI is InChI=1S/C28H29F3O4/c1-3-34-21-12-13-22(24(29)16-21)17-4-6-19(7-5-17)28(32)35-25-15-14-23(26(30)27(25)31)18-8-10-20(33-2)11-9-18/h8-11,13-17,19,21H,3-7,12H2,1-2H3. The minimum atomic E-state index is -1.20. The predicted octanol–water partition coefficient (Wildman–Crippen LogP) is 6.94. The second-order valence-corrected chi connectivity index (χ2v) is 8.84. The number of rotatable bonds is 7. The SMILES string of the molecule is CCOC1C=C(F)C(C2CCC(C(=O)Oc3ccc(-c4ccc(OC)cc4)c(F)c3F)CC2)=CC1. The summed E-state index contributed by atoms with van der Waals surface area (Å²) in [7, 11) is 1.52. The van der Waals surface area contributed by atoms with E-state index in [4.69, 9.17) is 14.2 Å². The Morgan fingerprint density at radius 2 is 1.69 bits per heavy atom. The van der Waals surface area contributed by atoms with E-state index in [2.05, 4.69) is 0 Å². The number of halogens is 3. The smallest absolute Gasteiger partial charge is 0.314 e. The summed E-state index contributed by atoms with van der Waals surface area (Å²) in [6.07, 6.45) is 6.05. The van der Waals surface area contributed by atoms with E-state index in [1.54, 1.807) is 24.3 Å². The van der Waals surface area contributed by atoms with Gasteiger partial charge in [-0.2, -0.15) is 4.39 Å². The first-order valence-corrected chi connectivity index (χ1v) is 11.9. The molecule has 4 rings (SSSR count). The van der Waals surface area contributed by atoms with Gasteiger partial charge in [0.2, 0.25) is 5.82 Å². The number of hydrogen-bond donors (Lipinski definition) is 0. The lowest BCUT2D eigenvalue weighted by Gasteiger charge is -2.30. The number of methoxy groups -OCH3 is 1. The van der Waals surface area contributed by atoms with E-state index in [-0.39, 0.29) is 23.4 Å². The molecule has 0 amide bonds. The van der Waals surface area contributed by atoms with Crippen molar-refractivity contribution >= 4 is 5.97 Å². The minimum absolute atomic E-state index is 0.0239. The molecule has 7 heteroatoms. The van der Waals surface area contributed by atoms with Gasteiger partial charge < -0.3 is 14.2 Å². The normalized spacial score (nSPS) is 22.3. The van der Waals surface area contributed by atoms with Gasteiger partial charge in [0.05, 0.1) is 19.1 Å². The molecule has 2 aliphatic rings. The molecule has 4 nitrogen and oxygen atoms in total. The molecule has 0 bridgehead atoms. The van der Waals surface area contributed by atoms with Crippen molar-refractivity contribution in [2.24, 2.45) is 11.8 Å². The summed E-state index contributed by atoms with van der Waals surface area (Å²) in [6, 6.07) is 9.21. The van der Waals surface area contributed by atoms with Crippen LogP contribution in [0.2, 0.25) is 0 Å². The summed E-state index contributed by atoms with van der Waals surface area (Å²) < 4.78 is 59.8. The van der Waals surface area contributed by atoms with E-state index in [9.17, 15) is 18.0 Å². The molecule has 186 valence electrons. The Labute approximate surface area is 203 Å². The van der Waals surface area contributed by atoms with Gasteiger partial charge in [0, 0.05) is 12.2 Å². The Hall–Kier alpha value is -3.06. The first-order valence-electron chi connectivity index (χ1n) is 11.9. The monoisotopic (exact) mass is 486 g/mol. The van der Waals surface area contributed by atoms with Crippen LogP contribution in [-0.4, -0.2) is 25.8 Å². The number of ether oxygens (including phenoxy) is 3. The Bertz CT molecular complexity index is 1120. The summed E-state index contributed by atoms with van der Waals surface area (Å²) in [5.41, 5.74) is 1.21. The first-order chi connectivity index (χ1) is 16.9. The fourth-order valence-electron chi connectivity index (χ4n) is 4.80. The molecule has 1 saturated carbocycles. The molecule has 2 aromatic carbocycles. The Morgan fingerprint density at radius 3 is 2.31 bits per heavy atom. The number of allylic oxidation sites excluding steroid dienone is 2. The molecule has 0 saturated heterocycles. The van der Waals surface area contributed by atoms with Crippen molar-refractivity contribution in [2.75, 3.05) is 13.7 Å². The van der Waals surface area contributed by atoms with Gasteiger partial charge in [-0.05, 0) is 86.4 Å². The molecule has 2 aromatic rings. The van der Waals surface area contributed by atoms with E-state index in [0.717, 1.165) is 0 Å². The van der Waals surface area contributed by atoms with Gasteiger partial charge in [-0.15, -0.1) is 0 Å². The van der Waals surface area contributed by atoms with Crippen LogP contribution in [0.5, 0.6) is 11.5 Å². The Kier molecular flexibility index (Phi) is 7.96. The van der Waals surface area contributed by atoms with Gasteiger partial charge in [0.15, 0.2) is 11.6 Å². The van der Waals surface area contributed by atoms with Crippen molar-refractivity contribution in [3.8, 4) is 22.6 Å². The lowest BCUT2D eigenvalue weighted by atomic mass is 9.77. The molecule has 1 atom stereocenters. The highest BCUT2D eigenvalue weighted by atomic mass is 19.2. The molecule has 0 spiro atoms. The molecule has 0 radical (unpaired) electrons. The van der Waals surface area contributed by atoms with Crippen LogP contribution >= 0.6 is 0 Å². The molecule has 0 heterocycles. The van der Waals surface area contributed by atoms with Crippen molar-refractivity contribution in [3.05, 3.63) is 71.6 Å². The molecule has 0 aromatic heterocycles. The quantitative estimate of drug-likeness (QED) is 0.314. The van der Waals surface area contributed by atoms with Crippen LogP contribution in [0.25, 0.3) is 11.1 Å². The Morgan fingerprint density at radius 1 is 0.971 bits per heavy atom.